The smallest absolute Gasteiger partial charge is 0.466 e. The second-order valence-corrected chi connectivity index (χ2v) is 3.90. The Hall–Kier alpha value is -1.11. The predicted molar refractivity (Wildman–Crippen MR) is 56.8 cm³/mol. The summed E-state index contributed by atoms with van der Waals surface area (Å²) in [7, 11) is -4.64. The Balaban J connectivity index is 0.000000385. The highest BCUT2D eigenvalue weighted by Crippen LogP contribution is 2.26. The van der Waals surface area contributed by atoms with Crippen molar-refractivity contribution in [3.05, 3.63) is 23.8 Å². The summed E-state index contributed by atoms with van der Waals surface area (Å²) in [6.07, 6.45) is 0.716. The summed E-state index contributed by atoms with van der Waals surface area (Å²) in [5.74, 6) is -0.179. The molecule has 1 aromatic rings. The number of aromatic hydroxyl groups is 2. The van der Waals surface area contributed by atoms with Gasteiger partial charge in [0.05, 0.1) is 0 Å². The summed E-state index contributed by atoms with van der Waals surface area (Å²) in [5.41, 5.74) is 6.24. The van der Waals surface area contributed by atoms with Gasteiger partial charge >= 0.3 is 7.82 Å². The van der Waals surface area contributed by atoms with E-state index in [0.717, 1.165) is 5.56 Å². The van der Waals surface area contributed by atoms with Gasteiger partial charge in [-0.1, -0.05) is 6.07 Å². The van der Waals surface area contributed by atoms with Gasteiger partial charge in [0, 0.05) is 0 Å². The molecule has 0 unspecified atom stereocenters. The molecule has 1 rings (SSSR count). The predicted octanol–water partition coefficient (Wildman–Crippen LogP) is -0.330. The Kier molecular flexibility index (Phi) is 6.02. The number of phenolic OH excluding ortho intramolecular Hbond substituents is 2. The van der Waals surface area contributed by atoms with E-state index in [2.05, 4.69) is 0 Å². The lowest BCUT2D eigenvalue weighted by molar-refractivity contribution is 0.275. The van der Waals surface area contributed by atoms with Crippen LogP contribution in [0.5, 0.6) is 11.5 Å². The summed E-state index contributed by atoms with van der Waals surface area (Å²) < 4.78 is 8.88. The molecule has 0 amide bonds. The van der Waals surface area contributed by atoms with Gasteiger partial charge in [-0.2, -0.15) is 0 Å². The van der Waals surface area contributed by atoms with Crippen LogP contribution in [0.15, 0.2) is 18.2 Å². The maximum absolute atomic E-state index is 9.04. The van der Waals surface area contributed by atoms with E-state index in [1.54, 1.807) is 6.07 Å². The fourth-order valence-electron chi connectivity index (χ4n) is 0.891. The number of rotatable bonds is 2. The third-order valence-corrected chi connectivity index (χ3v) is 1.47. The Morgan fingerprint density at radius 2 is 1.62 bits per heavy atom. The van der Waals surface area contributed by atoms with Crippen molar-refractivity contribution in [1.82, 2.24) is 0 Å². The summed E-state index contributed by atoms with van der Waals surface area (Å²) in [6, 6.07) is 4.71. The van der Waals surface area contributed by atoms with Crippen molar-refractivity contribution < 1.29 is 29.5 Å². The first-order valence-corrected chi connectivity index (χ1v) is 5.79. The van der Waals surface area contributed by atoms with E-state index in [-0.39, 0.29) is 11.5 Å². The third kappa shape index (κ3) is 8.22. The van der Waals surface area contributed by atoms with Crippen molar-refractivity contribution >= 4 is 7.82 Å². The van der Waals surface area contributed by atoms with Gasteiger partial charge in [0.1, 0.15) is 0 Å². The molecule has 8 heteroatoms. The van der Waals surface area contributed by atoms with Crippen LogP contribution in [0, 0.1) is 0 Å². The van der Waals surface area contributed by atoms with Gasteiger partial charge in [-0.3, -0.25) is 0 Å². The molecule has 0 spiro atoms. The normalized spacial score (nSPS) is 10.5. The number of hydrogen-bond donors (Lipinski definition) is 6. The number of phosphoric acid groups is 1. The van der Waals surface area contributed by atoms with Crippen molar-refractivity contribution in [2.45, 2.75) is 6.42 Å². The van der Waals surface area contributed by atoms with Crippen LogP contribution >= 0.6 is 7.82 Å². The van der Waals surface area contributed by atoms with Crippen LogP contribution in [-0.2, 0) is 11.0 Å². The summed E-state index contributed by atoms with van der Waals surface area (Å²) in [5, 5.41) is 18.0. The second-order valence-electron chi connectivity index (χ2n) is 2.88. The standard InChI is InChI=1S/C8H11NO2.H3O4P/c9-4-3-6-1-2-7(10)8(11)5-6;1-5(2,3)4/h1-2,5,10-11H,3-4,9H2;(H3,1,2,3,4). The van der Waals surface area contributed by atoms with Crippen LogP contribution in [-0.4, -0.2) is 31.4 Å². The van der Waals surface area contributed by atoms with Crippen molar-refractivity contribution in [3.63, 3.8) is 0 Å². The number of phenols is 2. The van der Waals surface area contributed by atoms with Crippen LogP contribution in [0.3, 0.4) is 0 Å². The first kappa shape index (κ1) is 14.9. The average molecular weight is 251 g/mol. The SMILES string of the molecule is NCCc1ccc(O)c(O)c1.O=P(O)(O)O. The molecule has 0 aromatic heterocycles. The molecule has 16 heavy (non-hydrogen) atoms. The Morgan fingerprint density at radius 3 is 2.00 bits per heavy atom. The molecular formula is C8H14NO6P. The average Bonchev–Trinajstić information content (AvgIpc) is 2.09. The van der Waals surface area contributed by atoms with Crippen LogP contribution in [0.2, 0.25) is 0 Å². The lowest BCUT2D eigenvalue weighted by Crippen LogP contribution is -2.02. The van der Waals surface area contributed by atoms with Gasteiger partial charge in [0.15, 0.2) is 11.5 Å². The van der Waals surface area contributed by atoms with Crippen LogP contribution in [0.25, 0.3) is 0 Å². The highest BCUT2D eigenvalue weighted by atomic mass is 31.2. The highest BCUT2D eigenvalue weighted by Gasteiger charge is 2.00. The van der Waals surface area contributed by atoms with Crippen molar-refractivity contribution in [2.24, 2.45) is 5.73 Å². The lowest BCUT2D eigenvalue weighted by Gasteiger charge is -2.00. The molecule has 0 fully saturated rings. The molecule has 0 radical (unpaired) electrons. The Labute approximate surface area is 92.0 Å². The number of nitrogens with two attached hydrogens (primary N) is 1. The number of hydrogen-bond acceptors (Lipinski definition) is 4. The van der Waals surface area contributed by atoms with Gasteiger partial charge in [0.2, 0.25) is 0 Å². The topological polar surface area (TPSA) is 144 Å². The van der Waals surface area contributed by atoms with E-state index in [1.807, 2.05) is 0 Å². The molecule has 92 valence electrons. The van der Waals surface area contributed by atoms with Crippen molar-refractivity contribution in [2.75, 3.05) is 6.54 Å². The van der Waals surface area contributed by atoms with E-state index in [1.165, 1.54) is 12.1 Å². The minimum atomic E-state index is -4.64. The summed E-state index contributed by atoms with van der Waals surface area (Å²) >= 11 is 0. The molecule has 0 saturated carbocycles. The molecule has 0 aliphatic rings. The maximum Gasteiger partial charge on any atom is 0.466 e. The molecule has 0 atom stereocenters. The first-order valence-electron chi connectivity index (χ1n) is 4.23. The minimum Gasteiger partial charge on any atom is -0.504 e. The van der Waals surface area contributed by atoms with Crippen molar-refractivity contribution in [3.8, 4) is 11.5 Å². The summed E-state index contributed by atoms with van der Waals surface area (Å²) in [6.45, 7) is 0.546. The van der Waals surface area contributed by atoms with E-state index < -0.39 is 7.82 Å². The van der Waals surface area contributed by atoms with Crippen LogP contribution < -0.4 is 5.73 Å². The van der Waals surface area contributed by atoms with Gasteiger partial charge in [0.25, 0.3) is 0 Å². The highest BCUT2D eigenvalue weighted by molar-refractivity contribution is 7.45. The fraction of sp³-hybridized carbons (Fsp3) is 0.250. The zero-order chi connectivity index (χ0) is 12.8. The van der Waals surface area contributed by atoms with Crippen LogP contribution in [0.4, 0.5) is 0 Å². The monoisotopic (exact) mass is 251 g/mol. The lowest BCUT2D eigenvalue weighted by atomic mass is 10.1. The molecule has 0 aliphatic carbocycles. The van der Waals surface area contributed by atoms with E-state index in [4.69, 9.17) is 35.2 Å². The maximum atomic E-state index is 9.04. The summed E-state index contributed by atoms with van der Waals surface area (Å²) in [4.78, 5) is 21.6. The molecule has 1 aromatic carbocycles. The third-order valence-electron chi connectivity index (χ3n) is 1.47. The molecule has 7 nitrogen and oxygen atoms in total. The minimum absolute atomic E-state index is 0.0871. The van der Waals surface area contributed by atoms with Gasteiger partial charge in [-0.15, -0.1) is 0 Å². The molecule has 7 N–H and O–H groups in total. The fourth-order valence-corrected chi connectivity index (χ4v) is 0.891. The Morgan fingerprint density at radius 1 is 1.12 bits per heavy atom. The van der Waals surface area contributed by atoms with Gasteiger partial charge < -0.3 is 30.6 Å². The van der Waals surface area contributed by atoms with Gasteiger partial charge in [-0.25, -0.2) is 4.57 Å². The second kappa shape index (κ2) is 6.47. The quantitative estimate of drug-likeness (QED) is 0.312. The molecule has 0 heterocycles. The van der Waals surface area contributed by atoms with Crippen molar-refractivity contribution in [1.29, 1.82) is 0 Å². The van der Waals surface area contributed by atoms with E-state index >= 15 is 0 Å². The number of benzene rings is 1. The van der Waals surface area contributed by atoms with Crippen LogP contribution in [0.1, 0.15) is 5.56 Å². The molecule has 0 bridgehead atoms. The molecular weight excluding hydrogens is 237 g/mol. The van der Waals surface area contributed by atoms with E-state index in [9.17, 15) is 0 Å². The Bertz CT molecular complexity index is 369. The largest absolute Gasteiger partial charge is 0.504 e. The van der Waals surface area contributed by atoms with E-state index in [0.29, 0.717) is 13.0 Å². The van der Waals surface area contributed by atoms with Gasteiger partial charge in [-0.05, 0) is 30.7 Å². The molecule has 0 aliphatic heterocycles. The zero-order valence-electron chi connectivity index (χ0n) is 8.32. The zero-order valence-corrected chi connectivity index (χ0v) is 9.21. The first-order chi connectivity index (χ1) is 7.24. The molecule has 0 saturated heterocycles.